The highest BCUT2D eigenvalue weighted by atomic mass is 16.2. The number of carbonyl (C=O) groups excluding carboxylic acids is 1. The van der Waals surface area contributed by atoms with Crippen LogP contribution < -0.4 is 26.8 Å². The lowest BCUT2D eigenvalue weighted by atomic mass is 10.1. The Morgan fingerprint density at radius 2 is 1.70 bits per heavy atom. The van der Waals surface area contributed by atoms with Crippen molar-refractivity contribution in [3.8, 4) is 0 Å². The van der Waals surface area contributed by atoms with Crippen LogP contribution in [0.3, 0.4) is 0 Å². The van der Waals surface area contributed by atoms with Crippen LogP contribution in [-0.4, -0.2) is 18.5 Å². The molecule has 0 unspecified atom stereocenters. The second kappa shape index (κ2) is 8.84. The summed E-state index contributed by atoms with van der Waals surface area (Å²) in [5.41, 5.74) is 1.49. The number of carbonyl (C=O) groups is 1. The standard InChI is InChI=1S/C21H27N3O3/c1-2-3-12-22-21(27)15-10-8-14(9-11-15)13-23-17-18(20(26)19(17)25)24-16-6-4-5-7-16/h8-11,16,23-24H,2-7,12-13H2,1H3,(H,22,27). The summed E-state index contributed by atoms with van der Waals surface area (Å²) in [5, 5.41) is 9.19. The van der Waals surface area contributed by atoms with Gasteiger partial charge >= 0.3 is 0 Å². The van der Waals surface area contributed by atoms with Crippen molar-refractivity contribution in [2.75, 3.05) is 17.2 Å². The van der Waals surface area contributed by atoms with E-state index in [2.05, 4.69) is 22.9 Å². The maximum atomic E-state index is 12.0. The highest BCUT2D eigenvalue weighted by Crippen LogP contribution is 2.24. The third-order valence-electron chi connectivity index (χ3n) is 5.12. The van der Waals surface area contributed by atoms with Crippen LogP contribution in [0, 0.1) is 0 Å². The van der Waals surface area contributed by atoms with Crippen molar-refractivity contribution >= 4 is 17.3 Å². The van der Waals surface area contributed by atoms with Crippen molar-refractivity contribution in [3.63, 3.8) is 0 Å². The smallest absolute Gasteiger partial charge is 0.253 e. The minimum atomic E-state index is -0.456. The molecule has 0 aromatic heterocycles. The highest BCUT2D eigenvalue weighted by molar-refractivity contribution is 5.94. The van der Waals surface area contributed by atoms with E-state index in [1.54, 1.807) is 12.1 Å². The minimum Gasteiger partial charge on any atom is -0.377 e. The Morgan fingerprint density at radius 1 is 1.04 bits per heavy atom. The first-order chi connectivity index (χ1) is 13.1. The monoisotopic (exact) mass is 369 g/mol. The van der Waals surface area contributed by atoms with Gasteiger partial charge in [-0.05, 0) is 37.0 Å². The van der Waals surface area contributed by atoms with Crippen molar-refractivity contribution in [2.24, 2.45) is 0 Å². The van der Waals surface area contributed by atoms with Gasteiger partial charge in [-0.15, -0.1) is 0 Å². The Morgan fingerprint density at radius 3 is 2.37 bits per heavy atom. The van der Waals surface area contributed by atoms with Gasteiger partial charge in [-0.2, -0.15) is 0 Å². The first-order valence-corrected chi connectivity index (χ1v) is 9.81. The van der Waals surface area contributed by atoms with Gasteiger partial charge in [0.15, 0.2) is 0 Å². The Balaban J connectivity index is 1.56. The predicted molar refractivity (Wildman–Crippen MR) is 108 cm³/mol. The van der Waals surface area contributed by atoms with Crippen LogP contribution in [-0.2, 0) is 6.54 Å². The molecule has 0 aliphatic heterocycles. The number of anilines is 2. The highest BCUT2D eigenvalue weighted by Gasteiger charge is 2.24. The number of rotatable bonds is 9. The summed E-state index contributed by atoms with van der Waals surface area (Å²) in [4.78, 5) is 35.7. The summed E-state index contributed by atoms with van der Waals surface area (Å²) in [6.45, 7) is 3.19. The molecule has 27 heavy (non-hydrogen) atoms. The van der Waals surface area contributed by atoms with Crippen LogP contribution >= 0.6 is 0 Å². The second-order valence-corrected chi connectivity index (χ2v) is 7.19. The van der Waals surface area contributed by atoms with Crippen molar-refractivity contribution in [1.29, 1.82) is 0 Å². The molecule has 1 aliphatic rings. The van der Waals surface area contributed by atoms with E-state index in [0.717, 1.165) is 44.1 Å². The summed E-state index contributed by atoms with van der Waals surface area (Å²) in [6.07, 6.45) is 6.41. The van der Waals surface area contributed by atoms with Gasteiger partial charge in [-0.3, -0.25) is 14.4 Å². The molecule has 1 fully saturated rings. The Bertz CT molecular complexity index is 845. The molecule has 0 bridgehead atoms. The van der Waals surface area contributed by atoms with E-state index in [1.165, 1.54) is 0 Å². The molecule has 6 heteroatoms. The molecular formula is C21H27N3O3. The van der Waals surface area contributed by atoms with Gasteiger partial charge in [0.05, 0.1) is 0 Å². The molecule has 1 aliphatic carbocycles. The van der Waals surface area contributed by atoms with E-state index < -0.39 is 10.9 Å². The van der Waals surface area contributed by atoms with E-state index in [1.807, 2.05) is 12.1 Å². The topological polar surface area (TPSA) is 87.3 Å². The van der Waals surface area contributed by atoms with Crippen LogP contribution in [0.2, 0.25) is 0 Å². The first kappa shape index (κ1) is 19.1. The Kier molecular flexibility index (Phi) is 6.27. The molecule has 2 aromatic rings. The lowest BCUT2D eigenvalue weighted by Crippen LogP contribution is -2.39. The second-order valence-electron chi connectivity index (χ2n) is 7.19. The molecule has 1 saturated carbocycles. The average Bonchev–Trinajstić information content (AvgIpc) is 3.21. The normalized spacial score (nSPS) is 14.4. The third kappa shape index (κ3) is 4.56. The fourth-order valence-electron chi connectivity index (χ4n) is 3.42. The zero-order chi connectivity index (χ0) is 19.2. The zero-order valence-corrected chi connectivity index (χ0v) is 15.8. The summed E-state index contributed by atoms with van der Waals surface area (Å²) in [7, 11) is 0. The van der Waals surface area contributed by atoms with Crippen molar-refractivity contribution in [3.05, 3.63) is 55.8 Å². The SMILES string of the molecule is CCCCNC(=O)c1ccc(CNc2c(NC3CCCC3)c(=O)c2=O)cc1. The molecule has 0 spiro atoms. The van der Waals surface area contributed by atoms with Crippen LogP contribution in [0.1, 0.15) is 61.4 Å². The first-order valence-electron chi connectivity index (χ1n) is 9.81. The molecule has 0 saturated heterocycles. The molecule has 144 valence electrons. The third-order valence-corrected chi connectivity index (χ3v) is 5.12. The summed E-state index contributed by atoms with van der Waals surface area (Å²) in [5.74, 6) is -0.0755. The maximum Gasteiger partial charge on any atom is 0.253 e. The molecule has 6 nitrogen and oxygen atoms in total. The summed E-state index contributed by atoms with van der Waals surface area (Å²) >= 11 is 0. The average molecular weight is 369 g/mol. The van der Waals surface area contributed by atoms with Gasteiger partial charge in [-0.1, -0.05) is 38.3 Å². The molecule has 2 aromatic carbocycles. The molecule has 0 radical (unpaired) electrons. The van der Waals surface area contributed by atoms with Crippen molar-refractivity contribution in [1.82, 2.24) is 5.32 Å². The lowest BCUT2D eigenvalue weighted by Gasteiger charge is -2.18. The number of benzene rings is 1. The van der Waals surface area contributed by atoms with Crippen LogP contribution in [0.4, 0.5) is 11.4 Å². The number of amides is 1. The van der Waals surface area contributed by atoms with Gasteiger partial charge in [-0.25, -0.2) is 0 Å². The molecule has 3 N–H and O–H groups in total. The fraction of sp³-hybridized carbons (Fsp3) is 0.476. The van der Waals surface area contributed by atoms with Crippen LogP contribution in [0.25, 0.3) is 0 Å². The summed E-state index contributed by atoms with van der Waals surface area (Å²) in [6, 6.07) is 7.56. The van der Waals surface area contributed by atoms with E-state index >= 15 is 0 Å². The van der Waals surface area contributed by atoms with Gasteiger partial charge in [0.1, 0.15) is 11.4 Å². The van der Waals surface area contributed by atoms with E-state index in [4.69, 9.17) is 0 Å². The Hall–Kier alpha value is -2.63. The number of hydrogen-bond donors (Lipinski definition) is 3. The zero-order valence-electron chi connectivity index (χ0n) is 15.8. The Labute approximate surface area is 159 Å². The molecule has 0 atom stereocenters. The molecule has 1 amide bonds. The van der Waals surface area contributed by atoms with Crippen molar-refractivity contribution < 1.29 is 4.79 Å². The number of nitrogens with one attached hydrogen (secondary N) is 3. The fourth-order valence-corrected chi connectivity index (χ4v) is 3.42. The molecular weight excluding hydrogens is 342 g/mol. The van der Waals surface area contributed by atoms with Crippen LogP contribution in [0.15, 0.2) is 33.9 Å². The van der Waals surface area contributed by atoms with E-state index in [0.29, 0.717) is 36.1 Å². The van der Waals surface area contributed by atoms with Gasteiger partial charge < -0.3 is 16.0 Å². The van der Waals surface area contributed by atoms with Crippen LogP contribution in [0.5, 0.6) is 0 Å². The maximum absolute atomic E-state index is 12.0. The van der Waals surface area contributed by atoms with Crippen molar-refractivity contribution in [2.45, 2.75) is 58.0 Å². The predicted octanol–water partition coefficient (Wildman–Crippen LogP) is 2.78. The quantitative estimate of drug-likeness (QED) is 0.467. The minimum absolute atomic E-state index is 0.0755. The largest absolute Gasteiger partial charge is 0.377 e. The van der Waals surface area contributed by atoms with Gasteiger partial charge in [0, 0.05) is 24.7 Å². The molecule has 3 rings (SSSR count). The summed E-state index contributed by atoms with van der Waals surface area (Å²) < 4.78 is 0. The number of unbranched alkanes of at least 4 members (excludes halogenated alkanes) is 1. The van der Waals surface area contributed by atoms with Gasteiger partial charge in [0.2, 0.25) is 0 Å². The number of hydrogen-bond acceptors (Lipinski definition) is 5. The lowest BCUT2D eigenvalue weighted by molar-refractivity contribution is 0.0953. The van der Waals surface area contributed by atoms with E-state index in [-0.39, 0.29) is 5.91 Å². The molecule has 0 heterocycles. The van der Waals surface area contributed by atoms with Gasteiger partial charge in [0.25, 0.3) is 16.8 Å². The van der Waals surface area contributed by atoms with E-state index in [9.17, 15) is 14.4 Å².